The minimum atomic E-state index is -3.78. The van der Waals surface area contributed by atoms with Crippen LogP contribution in [0.4, 0.5) is 18.9 Å². The van der Waals surface area contributed by atoms with Gasteiger partial charge in [-0.25, -0.2) is 4.39 Å². The molecule has 7 nitrogen and oxygen atoms in total. The van der Waals surface area contributed by atoms with Gasteiger partial charge < -0.3 is 20.5 Å². The summed E-state index contributed by atoms with van der Waals surface area (Å²) in [4.78, 5) is 24.3. The molecule has 0 radical (unpaired) electrons. The van der Waals surface area contributed by atoms with Gasteiger partial charge in [-0.05, 0) is 36.8 Å². The summed E-state index contributed by atoms with van der Waals surface area (Å²) in [5.74, 6) is -6.57. The zero-order valence-corrected chi connectivity index (χ0v) is 18.0. The fraction of sp³-hybridized carbons (Fsp3) is 0.261. The number of benzene rings is 2. The summed E-state index contributed by atoms with van der Waals surface area (Å²) in [6, 6.07) is 9.09. The summed E-state index contributed by atoms with van der Waals surface area (Å²) in [5, 5.41) is 21.5. The van der Waals surface area contributed by atoms with E-state index in [9.17, 15) is 22.8 Å². The fourth-order valence-corrected chi connectivity index (χ4v) is 2.93. The third-order valence-corrected chi connectivity index (χ3v) is 4.59. The molecular weight excluding hydrogens is 439 g/mol. The monoisotopic (exact) mass is 463 g/mol. The van der Waals surface area contributed by atoms with Crippen LogP contribution in [-0.2, 0) is 26.9 Å². The van der Waals surface area contributed by atoms with Gasteiger partial charge in [0.25, 0.3) is 11.8 Å². The van der Waals surface area contributed by atoms with Gasteiger partial charge >= 0.3 is 0 Å². The molecule has 0 bridgehead atoms. The Kier molecular flexibility index (Phi) is 8.89. The Morgan fingerprint density at radius 1 is 1.21 bits per heavy atom. The second-order valence-corrected chi connectivity index (χ2v) is 7.14. The Morgan fingerprint density at radius 3 is 2.58 bits per heavy atom. The lowest BCUT2D eigenvalue weighted by Gasteiger charge is -2.19. The van der Waals surface area contributed by atoms with E-state index in [-0.39, 0.29) is 5.56 Å². The Bertz CT molecular complexity index is 1060. The molecule has 0 heterocycles. The summed E-state index contributed by atoms with van der Waals surface area (Å²) < 4.78 is 47.0. The number of hydrogen-bond acceptors (Lipinski definition) is 5. The molecule has 33 heavy (non-hydrogen) atoms. The SMILES string of the molecule is COCc1cccc(NC(=O)/C=C\C(=N)C(=O)N[C@H](C)c2cccc(C(F)(F)CO)c2F)c1. The van der Waals surface area contributed by atoms with Crippen LogP contribution in [0.1, 0.15) is 29.7 Å². The maximum atomic E-state index is 14.5. The molecule has 2 amide bonds. The number of halogens is 3. The third-order valence-electron chi connectivity index (χ3n) is 4.59. The Balaban J connectivity index is 2.01. The zero-order chi connectivity index (χ0) is 24.6. The lowest BCUT2D eigenvalue weighted by Crippen LogP contribution is -2.33. The quantitative estimate of drug-likeness (QED) is 0.319. The number of carbonyl (C=O) groups excluding carboxylic acids is 2. The van der Waals surface area contributed by atoms with Gasteiger partial charge in [-0.15, -0.1) is 0 Å². The summed E-state index contributed by atoms with van der Waals surface area (Å²) in [6.45, 7) is 0.153. The van der Waals surface area contributed by atoms with Crippen LogP contribution in [0.3, 0.4) is 0 Å². The van der Waals surface area contributed by atoms with Crippen molar-refractivity contribution >= 4 is 23.2 Å². The van der Waals surface area contributed by atoms with Crippen molar-refractivity contribution in [3.05, 3.63) is 77.1 Å². The molecule has 0 unspecified atom stereocenters. The third kappa shape index (κ3) is 6.99. The standard InChI is InChI=1S/C23H24F3N3O4/c1-14(17-7-4-8-18(21(17)24)23(25,26)13-30)28-22(32)19(27)9-10-20(31)29-16-6-3-5-15(11-16)12-33-2/h3-11,14,27,30H,12-13H2,1-2H3,(H,28,32)(H,29,31)/b10-9-,27-19?/t14-/m1/s1. The largest absolute Gasteiger partial charge is 0.390 e. The number of carbonyl (C=O) groups is 2. The molecule has 1 atom stereocenters. The number of aliphatic hydroxyl groups excluding tert-OH is 1. The van der Waals surface area contributed by atoms with Gasteiger partial charge in [0.2, 0.25) is 5.91 Å². The molecule has 0 aliphatic carbocycles. The van der Waals surface area contributed by atoms with Gasteiger partial charge in [-0.1, -0.05) is 24.3 Å². The summed E-state index contributed by atoms with van der Waals surface area (Å²) in [5.41, 5.74) is -0.487. The Labute approximate surface area is 188 Å². The summed E-state index contributed by atoms with van der Waals surface area (Å²) >= 11 is 0. The normalized spacial score (nSPS) is 12.4. The van der Waals surface area contributed by atoms with Gasteiger partial charge in [-0.3, -0.25) is 15.0 Å². The van der Waals surface area contributed by atoms with Crippen molar-refractivity contribution in [2.75, 3.05) is 19.0 Å². The van der Waals surface area contributed by atoms with Crippen LogP contribution in [0.25, 0.3) is 0 Å². The molecule has 0 saturated carbocycles. The van der Waals surface area contributed by atoms with Crippen molar-refractivity contribution in [3.8, 4) is 0 Å². The van der Waals surface area contributed by atoms with Crippen LogP contribution >= 0.6 is 0 Å². The van der Waals surface area contributed by atoms with Crippen molar-refractivity contribution < 1.29 is 32.6 Å². The van der Waals surface area contributed by atoms with Gasteiger partial charge in [0, 0.05) is 24.4 Å². The molecule has 10 heteroatoms. The number of amides is 2. The van der Waals surface area contributed by atoms with E-state index in [1.54, 1.807) is 25.3 Å². The molecule has 2 rings (SSSR count). The topological polar surface area (TPSA) is 112 Å². The number of methoxy groups -OCH3 is 1. The molecule has 4 N–H and O–H groups in total. The predicted molar refractivity (Wildman–Crippen MR) is 117 cm³/mol. The molecule has 0 aromatic heterocycles. The van der Waals surface area contributed by atoms with E-state index in [0.717, 1.165) is 23.8 Å². The minimum Gasteiger partial charge on any atom is -0.390 e. The minimum absolute atomic E-state index is 0.237. The summed E-state index contributed by atoms with van der Waals surface area (Å²) in [6.07, 6.45) is 1.95. The van der Waals surface area contributed by atoms with Crippen molar-refractivity contribution in [1.29, 1.82) is 5.41 Å². The van der Waals surface area contributed by atoms with Crippen molar-refractivity contribution in [3.63, 3.8) is 0 Å². The molecule has 2 aromatic rings. The van der Waals surface area contributed by atoms with E-state index in [1.807, 2.05) is 6.07 Å². The van der Waals surface area contributed by atoms with Crippen molar-refractivity contribution in [2.24, 2.45) is 0 Å². The molecule has 0 aliphatic rings. The Morgan fingerprint density at radius 2 is 1.91 bits per heavy atom. The zero-order valence-electron chi connectivity index (χ0n) is 18.0. The highest BCUT2D eigenvalue weighted by molar-refractivity contribution is 6.42. The lowest BCUT2D eigenvalue weighted by atomic mass is 10.00. The van der Waals surface area contributed by atoms with Crippen LogP contribution in [0.5, 0.6) is 0 Å². The highest BCUT2D eigenvalue weighted by Gasteiger charge is 2.35. The van der Waals surface area contributed by atoms with Crippen molar-refractivity contribution in [1.82, 2.24) is 5.32 Å². The number of nitrogens with one attached hydrogen (secondary N) is 3. The molecule has 0 aliphatic heterocycles. The van der Waals surface area contributed by atoms with Gasteiger partial charge in [-0.2, -0.15) is 8.78 Å². The highest BCUT2D eigenvalue weighted by atomic mass is 19.3. The maximum absolute atomic E-state index is 14.5. The van der Waals surface area contributed by atoms with Crippen LogP contribution in [0, 0.1) is 11.2 Å². The molecule has 2 aromatic carbocycles. The van der Waals surface area contributed by atoms with E-state index >= 15 is 0 Å². The Hall–Kier alpha value is -3.50. The first-order valence-corrected chi connectivity index (χ1v) is 9.83. The van der Waals surface area contributed by atoms with Crippen LogP contribution in [0.15, 0.2) is 54.6 Å². The first-order chi connectivity index (χ1) is 15.6. The highest BCUT2D eigenvalue weighted by Crippen LogP contribution is 2.32. The van der Waals surface area contributed by atoms with Crippen molar-refractivity contribution in [2.45, 2.75) is 25.5 Å². The van der Waals surface area contributed by atoms with E-state index < -0.39 is 47.5 Å². The first-order valence-electron chi connectivity index (χ1n) is 9.83. The summed E-state index contributed by atoms with van der Waals surface area (Å²) in [7, 11) is 1.54. The van der Waals surface area contributed by atoms with Crippen LogP contribution in [-0.4, -0.2) is 36.3 Å². The number of aliphatic hydroxyl groups is 1. The number of alkyl halides is 2. The average Bonchev–Trinajstić information content (AvgIpc) is 2.77. The van der Waals surface area contributed by atoms with Gasteiger partial charge in [0.15, 0.2) is 0 Å². The molecule has 0 spiro atoms. The van der Waals surface area contributed by atoms with E-state index in [1.165, 1.54) is 19.1 Å². The molecule has 176 valence electrons. The number of rotatable bonds is 10. The molecular formula is C23H24F3N3O4. The van der Waals surface area contributed by atoms with Crippen LogP contribution < -0.4 is 10.6 Å². The van der Waals surface area contributed by atoms with Gasteiger partial charge in [0.05, 0.1) is 18.2 Å². The maximum Gasteiger partial charge on any atom is 0.298 e. The van der Waals surface area contributed by atoms with E-state index in [2.05, 4.69) is 10.6 Å². The lowest BCUT2D eigenvalue weighted by molar-refractivity contribution is -0.115. The number of ether oxygens (including phenoxy) is 1. The van der Waals surface area contributed by atoms with Crippen LogP contribution in [0.2, 0.25) is 0 Å². The second-order valence-electron chi connectivity index (χ2n) is 7.14. The smallest absolute Gasteiger partial charge is 0.298 e. The number of hydrogen-bond donors (Lipinski definition) is 4. The van der Waals surface area contributed by atoms with E-state index in [0.29, 0.717) is 12.3 Å². The predicted octanol–water partition coefficient (Wildman–Crippen LogP) is 3.45. The average molecular weight is 463 g/mol. The van der Waals surface area contributed by atoms with Gasteiger partial charge in [0.1, 0.15) is 18.1 Å². The fourth-order valence-electron chi connectivity index (χ4n) is 2.93. The second kappa shape index (κ2) is 11.4. The first kappa shape index (κ1) is 25.8. The number of anilines is 1. The molecule has 0 saturated heterocycles. The molecule has 0 fully saturated rings. The van der Waals surface area contributed by atoms with E-state index in [4.69, 9.17) is 15.3 Å².